The van der Waals surface area contributed by atoms with E-state index in [2.05, 4.69) is 4.98 Å². The van der Waals surface area contributed by atoms with Crippen molar-refractivity contribution in [1.29, 1.82) is 0 Å². The third-order valence-electron chi connectivity index (χ3n) is 2.72. The maximum Gasteiger partial charge on any atom is 0.264 e. The monoisotopic (exact) mass is 310 g/mol. The van der Waals surface area contributed by atoms with E-state index in [4.69, 9.17) is 11.6 Å². The number of pyridine rings is 1. The van der Waals surface area contributed by atoms with Crippen molar-refractivity contribution in [2.45, 2.75) is 4.90 Å². The number of nitrogens with zero attached hydrogens (tertiary/aromatic N) is 2. The van der Waals surface area contributed by atoms with Crippen molar-refractivity contribution in [2.24, 2.45) is 0 Å². The highest BCUT2D eigenvalue weighted by Gasteiger charge is 2.23. The first-order valence-electron chi connectivity index (χ1n) is 5.61. The third kappa shape index (κ3) is 2.66. The lowest BCUT2D eigenvalue weighted by atomic mass is 10.3. The number of aldehydes is 1. The minimum Gasteiger partial charge on any atom is -0.298 e. The lowest BCUT2D eigenvalue weighted by molar-refractivity contribution is 0.112. The summed E-state index contributed by atoms with van der Waals surface area (Å²) in [6.07, 6.45) is 1.86. The van der Waals surface area contributed by atoms with Crippen molar-refractivity contribution < 1.29 is 13.2 Å². The molecule has 0 unspecified atom stereocenters. The van der Waals surface area contributed by atoms with Gasteiger partial charge in [0.1, 0.15) is 0 Å². The van der Waals surface area contributed by atoms with Crippen molar-refractivity contribution in [2.75, 3.05) is 11.4 Å². The van der Waals surface area contributed by atoms with E-state index in [0.29, 0.717) is 6.29 Å². The second-order valence-corrected chi connectivity index (χ2v) is 6.31. The molecule has 0 atom stereocenters. The Morgan fingerprint density at radius 3 is 2.50 bits per heavy atom. The zero-order chi connectivity index (χ0) is 14.8. The van der Waals surface area contributed by atoms with Gasteiger partial charge in [0.15, 0.2) is 11.4 Å². The summed E-state index contributed by atoms with van der Waals surface area (Å²) in [5, 5.41) is 0.0117. The summed E-state index contributed by atoms with van der Waals surface area (Å²) in [4.78, 5) is 14.7. The van der Waals surface area contributed by atoms with Crippen LogP contribution in [0.4, 0.5) is 5.69 Å². The Labute approximate surface area is 121 Å². The summed E-state index contributed by atoms with van der Waals surface area (Å²) < 4.78 is 25.9. The van der Waals surface area contributed by atoms with E-state index in [1.165, 1.54) is 31.4 Å². The first-order valence-corrected chi connectivity index (χ1v) is 7.43. The average Bonchev–Trinajstić information content (AvgIpc) is 2.48. The summed E-state index contributed by atoms with van der Waals surface area (Å²) in [7, 11) is -2.39. The van der Waals surface area contributed by atoms with E-state index in [9.17, 15) is 13.2 Å². The topological polar surface area (TPSA) is 67.3 Å². The van der Waals surface area contributed by atoms with E-state index in [1.54, 1.807) is 18.2 Å². The van der Waals surface area contributed by atoms with Gasteiger partial charge in [-0.1, -0.05) is 29.8 Å². The van der Waals surface area contributed by atoms with Crippen molar-refractivity contribution >= 4 is 33.6 Å². The first kappa shape index (κ1) is 14.5. The van der Waals surface area contributed by atoms with Crippen LogP contribution in [0, 0.1) is 0 Å². The normalized spacial score (nSPS) is 11.1. The number of carbonyl (C=O) groups excluding carboxylic acids is 1. The Hall–Kier alpha value is -1.92. The van der Waals surface area contributed by atoms with Crippen molar-refractivity contribution in [3.05, 3.63) is 53.3 Å². The van der Waals surface area contributed by atoms with Gasteiger partial charge in [0.25, 0.3) is 10.0 Å². The molecular formula is C13H11ClN2O3S. The molecule has 0 amide bonds. The van der Waals surface area contributed by atoms with E-state index < -0.39 is 10.0 Å². The molecule has 0 aliphatic heterocycles. The predicted molar refractivity (Wildman–Crippen MR) is 76.7 cm³/mol. The number of hydrogen-bond donors (Lipinski definition) is 0. The molecule has 1 aromatic heterocycles. The second-order valence-electron chi connectivity index (χ2n) is 3.98. The fraction of sp³-hybridized carbons (Fsp3) is 0.0769. The summed E-state index contributed by atoms with van der Waals surface area (Å²) in [5.74, 6) is 0. The van der Waals surface area contributed by atoms with E-state index in [-0.39, 0.29) is 21.3 Å². The van der Waals surface area contributed by atoms with Gasteiger partial charge in [-0.3, -0.25) is 9.10 Å². The van der Waals surface area contributed by atoms with Gasteiger partial charge < -0.3 is 0 Å². The van der Waals surface area contributed by atoms with Crippen LogP contribution in [0.5, 0.6) is 0 Å². The molecule has 0 N–H and O–H groups in total. The predicted octanol–water partition coefficient (Wildman–Crippen LogP) is 2.37. The summed E-state index contributed by atoms with van der Waals surface area (Å²) >= 11 is 5.91. The van der Waals surface area contributed by atoms with Crippen LogP contribution in [0.3, 0.4) is 0 Å². The van der Waals surface area contributed by atoms with Crippen LogP contribution in [-0.2, 0) is 10.0 Å². The Bertz CT molecular complexity index is 733. The van der Waals surface area contributed by atoms with Crippen molar-refractivity contribution in [1.82, 2.24) is 4.98 Å². The highest BCUT2D eigenvalue weighted by molar-refractivity contribution is 7.92. The van der Waals surface area contributed by atoms with Crippen LogP contribution in [-0.4, -0.2) is 26.7 Å². The van der Waals surface area contributed by atoms with E-state index >= 15 is 0 Å². The van der Waals surface area contributed by atoms with Gasteiger partial charge in [-0.05, 0) is 18.2 Å². The number of sulfonamides is 1. The van der Waals surface area contributed by atoms with Crippen LogP contribution in [0.1, 0.15) is 10.4 Å². The molecule has 0 radical (unpaired) electrons. The summed E-state index contributed by atoms with van der Waals surface area (Å²) in [5.41, 5.74) is 0.402. The third-order valence-corrected chi connectivity index (χ3v) is 4.80. The lowest BCUT2D eigenvalue weighted by Gasteiger charge is -2.20. The fourth-order valence-electron chi connectivity index (χ4n) is 1.62. The lowest BCUT2D eigenvalue weighted by Crippen LogP contribution is -2.27. The second kappa shape index (κ2) is 5.60. The maximum atomic E-state index is 12.4. The minimum absolute atomic E-state index is 0.0117. The van der Waals surface area contributed by atoms with Crippen LogP contribution < -0.4 is 4.31 Å². The Morgan fingerprint density at radius 2 is 1.90 bits per heavy atom. The molecule has 2 rings (SSSR count). The van der Waals surface area contributed by atoms with Crippen LogP contribution in [0.25, 0.3) is 0 Å². The van der Waals surface area contributed by atoms with Gasteiger partial charge in [-0.2, -0.15) is 0 Å². The number of rotatable bonds is 4. The van der Waals surface area contributed by atoms with Gasteiger partial charge in [-0.15, -0.1) is 0 Å². The van der Waals surface area contributed by atoms with Crippen molar-refractivity contribution in [3.63, 3.8) is 0 Å². The smallest absolute Gasteiger partial charge is 0.264 e. The van der Waals surface area contributed by atoms with Gasteiger partial charge in [0.2, 0.25) is 0 Å². The molecule has 0 saturated carbocycles. The Balaban J connectivity index is 2.51. The highest BCUT2D eigenvalue weighted by Crippen LogP contribution is 2.28. The quantitative estimate of drug-likeness (QED) is 0.642. The molecule has 1 heterocycles. The van der Waals surface area contributed by atoms with Gasteiger partial charge in [0, 0.05) is 18.8 Å². The highest BCUT2D eigenvalue weighted by atomic mass is 35.5. The standard InChI is InChI=1S/C13H11ClN2O3S/c1-16(12-7-10(9-17)8-15-13(12)14)20(18,19)11-5-3-2-4-6-11/h2-9H,1H3. The zero-order valence-corrected chi connectivity index (χ0v) is 12.1. The summed E-state index contributed by atoms with van der Waals surface area (Å²) in [6.45, 7) is 0. The number of halogens is 1. The Morgan fingerprint density at radius 1 is 1.25 bits per heavy atom. The molecule has 0 aliphatic rings. The van der Waals surface area contributed by atoms with Crippen LogP contribution in [0.15, 0.2) is 47.5 Å². The zero-order valence-electron chi connectivity index (χ0n) is 10.5. The van der Waals surface area contributed by atoms with Gasteiger partial charge in [-0.25, -0.2) is 13.4 Å². The SMILES string of the molecule is CN(c1cc(C=O)cnc1Cl)S(=O)(=O)c1ccccc1. The molecule has 0 fully saturated rings. The molecule has 0 saturated heterocycles. The Kier molecular flexibility index (Phi) is 4.06. The molecule has 0 spiro atoms. The van der Waals surface area contributed by atoms with E-state index in [1.807, 2.05) is 0 Å². The number of benzene rings is 1. The molecule has 2 aromatic rings. The minimum atomic E-state index is -3.75. The van der Waals surface area contributed by atoms with Gasteiger partial charge >= 0.3 is 0 Å². The first-order chi connectivity index (χ1) is 9.46. The number of hydrogen-bond acceptors (Lipinski definition) is 4. The molecule has 5 nitrogen and oxygen atoms in total. The fourth-order valence-corrected chi connectivity index (χ4v) is 3.11. The molecule has 104 valence electrons. The number of aromatic nitrogens is 1. The summed E-state index contributed by atoms with van der Waals surface area (Å²) in [6, 6.07) is 9.32. The molecule has 1 aromatic carbocycles. The van der Waals surface area contributed by atoms with E-state index in [0.717, 1.165) is 4.31 Å². The van der Waals surface area contributed by atoms with Gasteiger partial charge in [0.05, 0.1) is 10.6 Å². The molecule has 20 heavy (non-hydrogen) atoms. The maximum absolute atomic E-state index is 12.4. The largest absolute Gasteiger partial charge is 0.298 e. The van der Waals surface area contributed by atoms with Crippen LogP contribution in [0.2, 0.25) is 5.15 Å². The average molecular weight is 311 g/mol. The number of anilines is 1. The van der Waals surface area contributed by atoms with Crippen molar-refractivity contribution in [3.8, 4) is 0 Å². The number of carbonyl (C=O) groups is 1. The molecule has 0 aliphatic carbocycles. The molecular weight excluding hydrogens is 300 g/mol. The van der Waals surface area contributed by atoms with Crippen LogP contribution >= 0.6 is 11.6 Å². The molecule has 0 bridgehead atoms. The molecule has 7 heteroatoms.